The van der Waals surface area contributed by atoms with Gasteiger partial charge in [0.25, 0.3) is 5.69 Å². The molecule has 5 heteroatoms. The molecule has 0 heterocycles. The SMILES string of the molecule is CCC(CC)CN(CC)c1ccc([N+](=O)[O-])cc1C=O. The van der Waals surface area contributed by atoms with Crippen molar-refractivity contribution in [3.63, 3.8) is 0 Å². The summed E-state index contributed by atoms with van der Waals surface area (Å²) in [6.07, 6.45) is 2.85. The Bertz CT molecular complexity index is 470. The lowest BCUT2D eigenvalue weighted by Gasteiger charge is -2.28. The van der Waals surface area contributed by atoms with Gasteiger partial charge in [0.15, 0.2) is 6.29 Å². The lowest BCUT2D eigenvalue weighted by molar-refractivity contribution is -0.384. The highest BCUT2D eigenvalue weighted by Gasteiger charge is 2.16. The molecule has 0 aliphatic carbocycles. The van der Waals surface area contributed by atoms with E-state index < -0.39 is 4.92 Å². The Morgan fingerprint density at radius 1 is 1.30 bits per heavy atom. The van der Waals surface area contributed by atoms with Crippen molar-refractivity contribution >= 4 is 17.7 Å². The number of hydrogen-bond donors (Lipinski definition) is 0. The van der Waals surface area contributed by atoms with Crippen LogP contribution in [0.5, 0.6) is 0 Å². The maximum Gasteiger partial charge on any atom is 0.270 e. The third kappa shape index (κ3) is 3.79. The predicted molar refractivity (Wildman–Crippen MR) is 80.4 cm³/mol. The number of nitrogens with zero attached hydrogens (tertiary/aromatic N) is 2. The van der Waals surface area contributed by atoms with Crippen molar-refractivity contribution in [1.82, 2.24) is 0 Å². The van der Waals surface area contributed by atoms with Crippen molar-refractivity contribution in [3.8, 4) is 0 Å². The maximum atomic E-state index is 11.2. The first-order valence-corrected chi connectivity index (χ1v) is 7.05. The molecule has 0 fully saturated rings. The monoisotopic (exact) mass is 278 g/mol. The number of nitro groups is 1. The van der Waals surface area contributed by atoms with E-state index in [4.69, 9.17) is 0 Å². The molecule has 0 unspecified atom stereocenters. The summed E-state index contributed by atoms with van der Waals surface area (Å²) >= 11 is 0. The Balaban J connectivity index is 3.08. The van der Waals surface area contributed by atoms with Crippen LogP contribution >= 0.6 is 0 Å². The van der Waals surface area contributed by atoms with Crippen molar-refractivity contribution in [2.45, 2.75) is 33.6 Å². The molecule has 0 atom stereocenters. The second kappa shape index (κ2) is 7.62. The van der Waals surface area contributed by atoms with E-state index in [0.717, 1.165) is 31.6 Å². The van der Waals surface area contributed by atoms with Crippen LogP contribution in [0.15, 0.2) is 18.2 Å². The van der Waals surface area contributed by atoms with E-state index in [2.05, 4.69) is 18.7 Å². The van der Waals surface area contributed by atoms with Crippen molar-refractivity contribution in [1.29, 1.82) is 0 Å². The van der Waals surface area contributed by atoms with Gasteiger partial charge < -0.3 is 4.90 Å². The van der Waals surface area contributed by atoms with Crippen molar-refractivity contribution in [2.75, 3.05) is 18.0 Å². The third-order valence-corrected chi connectivity index (χ3v) is 3.70. The van der Waals surface area contributed by atoms with Gasteiger partial charge in [0.05, 0.1) is 4.92 Å². The van der Waals surface area contributed by atoms with E-state index in [1.54, 1.807) is 6.07 Å². The molecule has 110 valence electrons. The number of aldehydes is 1. The highest BCUT2D eigenvalue weighted by molar-refractivity contribution is 5.86. The van der Waals surface area contributed by atoms with Crippen LogP contribution in [-0.4, -0.2) is 24.3 Å². The van der Waals surface area contributed by atoms with Crippen LogP contribution in [0.4, 0.5) is 11.4 Å². The van der Waals surface area contributed by atoms with Crippen molar-refractivity contribution in [3.05, 3.63) is 33.9 Å². The zero-order valence-corrected chi connectivity index (χ0v) is 12.3. The molecule has 1 aromatic carbocycles. The van der Waals surface area contributed by atoms with E-state index in [1.165, 1.54) is 12.1 Å². The Hall–Kier alpha value is -1.91. The molecule has 5 nitrogen and oxygen atoms in total. The van der Waals surface area contributed by atoms with Crippen LogP contribution in [0.2, 0.25) is 0 Å². The fourth-order valence-electron chi connectivity index (χ4n) is 2.29. The number of rotatable bonds is 8. The molecule has 20 heavy (non-hydrogen) atoms. The van der Waals surface area contributed by atoms with Gasteiger partial charge in [0.1, 0.15) is 0 Å². The molecule has 0 spiro atoms. The fraction of sp³-hybridized carbons (Fsp3) is 0.533. The van der Waals surface area contributed by atoms with E-state index >= 15 is 0 Å². The Labute approximate surface area is 119 Å². The molecule has 0 amide bonds. The van der Waals surface area contributed by atoms with Gasteiger partial charge in [-0.1, -0.05) is 26.7 Å². The molecular formula is C15H22N2O3. The highest BCUT2D eigenvalue weighted by atomic mass is 16.6. The van der Waals surface area contributed by atoms with Gasteiger partial charge in [-0.2, -0.15) is 0 Å². The van der Waals surface area contributed by atoms with Crippen LogP contribution in [0.25, 0.3) is 0 Å². The largest absolute Gasteiger partial charge is 0.371 e. The molecule has 0 aliphatic rings. The molecule has 1 aromatic rings. The molecule has 0 aliphatic heterocycles. The lowest BCUT2D eigenvalue weighted by Crippen LogP contribution is -2.29. The topological polar surface area (TPSA) is 63.4 Å². The lowest BCUT2D eigenvalue weighted by atomic mass is 10.0. The second-order valence-electron chi connectivity index (χ2n) is 4.84. The minimum atomic E-state index is -0.478. The fourth-order valence-corrected chi connectivity index (χ4v) is 2.29. The Morgan fingerprint density at radius 2 is 1.95 bits per heavy atom. The summed E-state index contributed by atoms with van der Waals surface area (Å²) in [4.78, 5) is 23.6. The molecule has 0 saturated carbocycles. The van der Waals surface area contributed by atoms with Crippen molar-refractivity contribution < 1.29 is 9.72 Å². The van der Waals surface area contributed by atoms with Crippen LogP contribution < -0.4 is 4.90 Å². The first kappa shape index (κ1) is 16.1. The van der Waals surface area contributed by atoms with Gasteiger partial charge in [-0.3, -0.25) is 14.9 Å². The first-order chi connectivity index (χ1) is 9.57. The zero-order chi connectivity index (χ0) is 15.1. The van der Waals surface area contributed by atoms with Gasteiger partial charge in [-0.15, -0.1) is 0 Å². The summed E-state index contributed by atoms with van der Waals surface area (Å²) < 4.78 is 0. The smallest absolute Gasteiger partial charge is 0.270 e. The summed E-state index contributed by atoms with van der Waals surface area (Å²) in [5.41, 5.74) is 1.11. The summed E-state index contributed by atoms with van der Waals surface area (Å²) in [5, 5.41) is 10.8. The number of non-ortho nitro benzene ring substituents is 1. The van der Waals surface area contributed by atoms with E-state index in [0.29, 0.717) is 17.8 Å². The molecule has 0 N–H and O–H groups in total. The standard InChI is InChI=1S/C15H22N2O3/c1-4-12(5-2)10-16(6-3)15-8-7-14(17(19)20)9-13(15)11-18/h7-9,11-12H,4-6,10H2,1-3H3. The third-order valence-electron chi connectivity index (χ3n) is 3.70. The van der Waals surface area contributed by atoms with E-state index in [1.807, 2.05) is 6.92 Å². The summed E-state index contributed by atoms with van der Waals surface area (Å²) in [5.74, 6) is 0.560. The normalized spacial score (nSPS) is 10.6. The van der Waals surface area contributed by atoms with E-state index in [-0.39, 0.29) is 5.69 Å². The van der Waals surface area contributed by atoms with Crippen molar-refractivity contribution in [2.24, 2.45) is 5.92 Å². The number of nitro benzene ring substituents is 1. The van der Waals surface area contributed by atoms with Crippen LogP contribution in [0, 0.1) is 16.0 Å². The average molecular weight is 278 g/mol. The Kier molecular flexibility index (Phi) is 6.15. The first-order valence-electron chi connectivity index (χ1n) is 7.05. The number of hydrogen-bond acceptors (Lipinski definition) is 4. The average Bonchev–Trinajstić information content (AvgIpc) is 2.48. The van der Waals surface area contributed by atoms with Crippen LogP contribution in [0.1, 0.15) is 44.0 Å². The highest BCUT2D eigenvalue weighted by Crippen LogP contribution is 2.25. The van der Waals surface area contributed by atoms with Gasteiger partial charge in [0, 0.05) is 36.5 Å². The number of carbonyl (C=O) groups is 1. The number of benzene rings is 1. The predicted octanol–water partition coefficient (Wildman–Crippen LogP) is 3.67. The summed E-state index contributed by atoms with van der Waals surface area (Å²) in [7, 11) is 0. The summed E-state index contributed by atoms with van der Waals surface area (Å²) in [6.45, 7) is 7.96. The molecular weight excluding hydrogens is 256 g/mol. The van der Waals surface area contributed by atoms with Gasteiger partial charge >= 0.3 is 0 Å². The molecule has 0 radical (unpaired) electrons. The number of anilines is 1. The molecule has 0 saturated heterocycles. The van der Waals surface area contributed by atoms with Gasteiger partial charge in [-0.25, -0.2) is 0 Å². The summed E-state index contributed by atoms with van der Waals surface area (Å²) in [6, 6.07) is 4.48. The molecule has 1 rings (SSSR count). The maximum absolute atomic E-state index is 11.2. The van der Waals surface area contributed by atoms with Gasteiger partial charge in [-0.05, 0) is 18.9 Å². The second-order valence-corrected chi connectivity index (χ2v) is 4.84. The molecule has 0 bridgehead atoms. The quantitative estimate of drug-likeness (QED) is 0.413. The minimum absolute atomic E-state index is 0.0468. The number of carbonyl (C=O) groups excluding carboxylic acids is 1. The zero-order valence-electron chi connectivity index (χ0n) is 12.3. The van der Waals surface area contributed by atoms with Gasteiger partial charge in [0.2, 0.25) is 0 Å². The minimum Gasteiger partial charge on any atom is -0.371 e. The van der Waals surface area contributed by atoms with Crippen LogP contribution in [0.3, 0.4) is 0 Å². The Morgan fingerprint density at radius 3 is 2.40 bits per heavy atom. The van der Waals surface area contributed by atoms with E-state index in [9.17, 15) is 14.9 Å². The van der Waals surface area contributed by atoms with Crippen LogP contribution in [-0.2, 0) is 0 Å². The molecule has 0 aromatic heterocycles.